The lowest BCUT2D eigenvalue weighted by Crippen LogP contribution is -2.54. The van der Waals surface area contributed by atoms with E-state index in [0.29, 0.717) is 38.0 Å². The van der Waals surface area contributed by atoms with E-state index in [1.165, 1.54) is 24.3 Å². The molecule has 2 rings (SSSR count). The van der Waals surface area contributed by atoms with Gasteiger partial charge in [-0.1, -0.05) is 20.8 Å². The summed E-state index contributed by atoms with van der Waals surface area (Å²) in [4.78, 5) is 39.3. The number of rotatable bonds is 7. The van der Waals surface area contributed by atoms with E-state index in [2.05, 4.69) is 10.6 Å². The molecular weight excluding hydrogens is 361 g/mol. The molecule has 0 saturated carbocycles. The van der Waals surface area contributed by atoms with E-state index in [9.17, 15) is 18.8 Å². The Balaban J connectivity index is 2.07. The molecule has 0 aliphatic carbocycles. The number of amides is 3. The van der Waals surface area contributed by atoms with Gasteiger partial charge in [-0.05, 0) is 49.4 Å². The van der Waals surface area contributed by atoms with Gasteiger partial charge in [-0.15, -0.1) is 0 Å². The third-order valence-corrected chi connectivity index (χ3v) is 5.04. The van der Waals surface area contributed by atoms with E-state index in [1.807, 2.05) is 25.7 Å². The summed E-state index contributed by atoms with van der Waals surface area (Å²) < 4.78 is 13.1. The van der Waals surface area contributed by atoms with Crippen LogP contribution in [0, 0.1) is 17.7 Å². The quantitative estimate of drug-likeness (QED) is 0.749. The molecule has 154 valence electrons. The highest BCUT2D eigenvalue weighted by molar-refractivity contribution is 5.97. The average molecular weight is 391 g/mol. The Labute approximate surface area is 165 Å². The zero-order chi connectivity index (χ0) is 20.7. The van der Waals surface area contributed by atoms with Crippen LogP contribution in [0.2, 0.25) is 0 Å². The van der Waals surface area contributed by atoms with Crippen molar-refractivity contribution in [1.29, 1.82) is 0 Å². The number of nitrogens with zero attached hydrogens (tertiary/aromatic N) is 1. The van der Waals surface area contributed by atoms with E-state index in [4.69, 9.17) is 0 Å². The second-order valence-electron chi connectivity index (χ2n) is 7.57. The first-order valence-corrected chi connectivity index (χ1v) is 9.96. The number of halogens is 1. The van der Waals surface area contributed by atoms with Gasteiger partial charge in [0.2, 0.25) is 11.8 Å². The fraction of sp³-hybridized carbons (Fsp3) is 0.571. The van der Waals surface area contributed by atoms with Crippen molar-refractivity contribution in [1.82, 2.24) is 15.5 Å². The number of piperidine rings is 1. The molecule has 2 N–H and O–H groups in total. The summed E-state index contributed by atoms with van der Waals surface area (Å²) in [6.45, 7) is 7.39. The third-order valence-electron chi connectivity index (χ3n) is 5.04. The highest BCUT2D eigenvalue weighted by Gasteiger charge is 2.34. The van der Waals surface area contributed by atoms with Crippen LogP contribution in [0.15, 0.2) is 24.3 Å². The van der Waals surface area contributed by atoms with Crippen molar-refractivity contribution in [3.05, 3.63) is 35.6 Å². The van der Waals surface area contributed by atoms with Gasteiger partial charge in [-0.25, -0.2) is 4.39 Å². The van der Waals surface area contributed by atoms with Gasteiger partial charge in [-0.3, -0.25) is 14.4 Å². The molecule has 7 heteroatoms. The predicted octanol–water partition coefficient (Wildman–Crippen LogP) is 2.34. The van der Waals surface area contributed by atoms with E-state index < -0.39 is 17.8 Å². The van der Waals surface area contributed by atoms with Gasteiger partial charge in [0.05, 0.1) is 0 Å². The van der Waals surface area contributed by atoms with Crippen molar-refractivity contribution in [3.63, 3.8) is 0 Å². The summed E-state index contributed by atoms with van der Waals surface area (Å²) in [6.07, 6.45) is 2.09. The maximum Gasteiger partial charge on any atom is 0.251 e. The summed E-state index contributed by atoms with van der Waals surface area (Å²) in [5.41, 5.74) is 0.308. The molecule has 3 amide bonds. The van der Waals surface area contributed by atoms with Crippen LogP contribution in [0.4, 0.5) is 4.39 Å². The van der Waals surface area contributed by atoms with Gasteiger partial charge in [0.1, 0.15) is 11.9 Å². The minimum Gasteiger partial charge on any atom is -0.354 e. The molecule has 1 fully saturated rings. The average Bonchev–Trinajstić information content (AvgIpc) is 2.70. The van der Waals surface area contributed by atoms with Crippen LogP contribution in [0.1, 0.15) is 50.4 Å². The predicted molar refractivity (Wildman–Crippen MR) is 105 cm³/mol. The van der Waals surface area contributed by atoms with Crippen LogP contribution in [-0.2, 0) is 9.59 Å². The highest BCUT2D eigenvalue weighted by atomic mass is 19.1. The minimum absolute atomic E-state index is 0.0571. The van der Waals surface area contributed by atoms with E-state index in [0.717, 1.165) is 6.42 Å². The Hall–Kier alpha value is -2.44. The zero-order valence-electron chi connectivity index (χ0n) is 16.8. The number of hydrogen-bond acceptors (Lipinski definition) is 3. The van der Waals surface area contributed by atoms with E-state index in [-0.39, 0.29) is 23.7 Å². The molecule has 1 saturated heterocycles. The molecule has 1 atom stereocenters. The molecule has 1 heterocycles. The number of carbonyl (C=O) groups excluding carboxylic acids is 3. The van der Waals surface area contributed by atoms with Gasteiger partial charge in [0.15, 0.2) is 0 Å². The van der Waals surface area contributed by atoms with Crippen molar-refractivity contribution < 1.29 is 18.8 Å². The molecule has 1 aromatic carbocycles. The second kappa shape index (κ2) is 10.2. The molecule has 28 heavy (non-hydrogen) atoms. The standard InChI is InChI=1S/C21H30FN3O3/c1-4-11-23-20(27)18(24-19(26)16-5-7-17(22)8-6-16)15-9-12-25(13-10-15)21(28)14(2)3/h5-8,14-15,18H,4,9-13H2,1-3H3,(H,23,27)(H,24,26)/t18-/m0/s1. The monoisotopic (exact) mass is 391 g/mol. The van der Waals surface area contributed by atoms with Crippen LogP contribution in [0.5, 0.6) is 0 Å². The zero-order valence-corrected chi connectivity index (χ0v) is 16.8. The number of nitrogens with one attached hydrogen (secondary N) is 2. The molecule has 1 aliphatic rings. The van der Waals surface area contributed by atoms with E-state index >= 15 is 0 Å². The first-order valence-electron chi connectivity index (χ1n) is 9.96. The lowest BCUT2D eigenvalue weighted by Gasteiger charge is -2.36. The van der Waals surface area contributed by atoms with Gasteiger partial charge >= 0.3 is 0 Å². The van der Waals surface area contributed by atoms with Crippen LogP contribution in [0.25, 0.3) is 0 Å². The smallest absolute Gasteiger partial charge is 0.251 e. The number of likely N-dealkylation sites (tertiary alicyclic amines) is 1. The van der Waals surface area contributed by atoms with Crippen LogP contribution < -0.4 is 10.6 Å². The lowest BCUT2D eigenvalue weighted by molar-refractivity contribution is -0.136. The fourth-order valence-electron chi connectivity index (χ4n) is 3.40. The number of benzene rings is 1. The maximum absolute atomic E-state index is 13.1. The van der Waals surface area contributed by atoms with Crippen molar-refractivity contribution in [2.75, 3.05) is 19.6 Å². The minimum atomic E-state index is -0.680. The molecule has 1 aromatic rings. The molecule has 6 nitrogen and oxygen atoms in total. The SMILES string of the molecule is CCCNC(=O)[C@@H](NC(=O)c1ccc(F)cc1)C1CCN(C(=O)C(C)C)CC1. The summed E-state index contributed by atoms with van der Waals surface area (Å²) >= 11 is 0. The second-order valence-corrected chi connectivity index (χ2v) is 7.57. The van der Waals surface area contributed by atoms with Gasteiger partial charge in [-0.2, -0.15) is 0 Å². The van der Waals surface area contributed by atoms with Crippen molar-refractivity contribution in [2.45, 2.75) is 46.1 Å². The Morgan fingerprint density at radius 1 is 1.14 bits per heavy atom. The summed E-state index contributed by atoms with van der Waals surface area (Å²) in [5.74, 6) is -1.05. The van der Waals surface area contributed by atoms with Crippen LogP contribution >= 0.6 is 0 Å². The van der Waals surface area contributed by atoms with Gasteiger partial charge < -0.3 is 15.5 Å². The number of carbonyl (C=O) groups is 3. The molecule has 0 spiro atoms. The first-order chi connectivity index (χ1) is 13.3. The molecule has 0 radical (unpaired) electrons. The summed E-state index contributed by atoms with van der Waals surface area (Å²) in [7, 11) is 0. The Kier molecular flexibility index (Phi) is 7.96. The molecule has 0 unspecified atom stereocenters. The van der Waals surface area contributed by atoms with Crippen molar-refractivity contribution in [3.8, 4) is 0 Å². The highest BCUT2D eigenvalue weighted by Crippen LogP contribution is 2.23. The Bertz CT molecular complexity index is 683. The third kappa shape index (κ3) is 5.78. The maximum atomic E-state index is 13.1. The fourth-order valence-corrected chi connectivity index (χ4v) is 3.40. The number of hydrogen-bond donors (Lipinski definition) is 2. The summed E-state index contributed by atoms with van der Waals surface area (Å²) in [5, 5.41) is 5.67. The normalized spacial score (nSPS) is 16.0. The lowest BCUT2D eigenvalue weighted by atomic mass is 9.88. The van der Waals surface area contributed by atoms with Crippen molar-refractivity contribution >= 4 is 17.7 Å². The largest absolute Gasteiger partial charge is 0.354 e. The van der Waals surface area contributed by atoms with Crippen molar-refractivity contribution in [2.24, 2.45) is 11.8 Å². The van der Waals surface area contributed by atoms with Crippen LogP contribution in [-0.4, -0.2) is 48.3 Å². The molecule has 0 aromatic heterocycles. The molecular formula is C21H30FN3O3. The van der Waals surface area contributed by atoms with Gasteiger partial charge in [0, 0.05) is 31.1 Å². The Morgan fingerprint density at radius 3 is 2.29 bits per heavy atom. The van der Waals surface area contributed by atoms with E-state index in [1.54, 1.807) is 0 Å². The van der Waals surface area contributed by atoms with Gasteiger partial charge in [0.25, 0.3) is 5.91 Å². The molecule has 0 bridgehead atoms. The topological polar surface area (TPSA) is 78.5 Å². The Morgan fingerprint density at radius 2 is 1.75 bits per heavy atom. The first kappa shape index (κ1) is 21.9. The molecule has 1 aliphatic heterocycles. The summed E-state index contributed by atoms with van der Waals surface area (Å²) in [6, 6.07) is 4.56. The van der Waals surface area contributed by atoms with Crippen LogP contribution in [0.3, 0.4) is 0 Å².